The first-order chi connectivity index (χ1) is 7.11. The monoisotopic (exact) mass is 227 g/mol. The van der Waals surface area contributed by atoms with E-state index in [1.54, 1.807) is 18.2 Å². The number of phenolic OH excluding ortho intramolecular Hbond substituents is 1. The van der Waals surface area contributed by atoms with Gasteiger partial charge in [0.1, 0.15) is 11.5 Å². The minimum Gasteiger partial charge on any atom is -0.506 e. The average Bonchev–Trinajstić information content (AvgIpc) is 2.22. The Hall–Kier alpha value is -1.19. The van der Waals surface area contributed by atoms with Crippen molar-refractivity contribution in [2.24, 2.45) is 5.73 Å². The third-order valence-electron chi connectivity index (χ3n) is 2.14. The van der Waals surface area contributed by atoms with Gasteiger partial charge in [0.05, 0.1) is 17.7 Å². The summed E-state index contributed by atoms with van der Waals surface area (Å²) >= 11 is 5.80. The van der Waals surface area contributed by atoms with Gasteiger partial charge in [0.15, 0.2) is 0 Å². The van der Waals surface area contributed by atoms with Crippen LogP contribution in [0.5, 0.6) is 11.5 Å². The molecule has 0 aromatic heterocycles. The molecule has 3 N–H and O–H groups in total. The molecule has 4 heteroatoms. The van der Waals surface area contributed by atoms with Crippen molar-refractivity contribution in [1.29, 1.82) is 0 Å². The van der Waals surface area contributed by atoms with E-state index >= 15 is 0 Å². The molecule has 82 valence electrons. The van der Waals surface area contributed by atoms with Crippen molar-refractivity contribution in [2.45, 2.75) is 12.5 Å². The first kappa shape index (κ1) is 11.9. The van der Waals surface area contributed by atoms with Crippen LogP contribution in [0.4, 0.5) is 0 Å². The molecule has 0 unspecified atom stereocenters. The largest absolute Gasteiger partial charge is 0.506 e. The Morgan fingerprint density at radius 1 is 1.67 bits per heavy atom. The fourth-order valence-electron chi connectivity index (χ4n) is 1.40. The van der Waals surface area contributed by atoms with Crippen LogP contribution in [0.3, 0.4) is 0 Å². The van der Waals surface area contributed by atoms with Gasteiger partial charge in [-0.05, 0) is 18.6 Å². The summed E-state index contributed by atoms with van der Waals surface area (Å²) in [6.07, 6.45) is 2.23. The fraction of sp³-hybridized carbons (Fsp3) is 0.273. The summed E-state index contributed by atoms with van der Waals surface area (Å²) in [4.78, 5) is 0. The summed E-state index contributed by atoms with van der Waals surface area (Å²) < 4.78 is 5.12. The van der Waals surface area contributed by atoms with Crippen molar-refractivity contribution in [3.8, 4) is 11.5 Å². The van der Waals surface area contributed by atoms with E-state index in [9.17, 15) is 5.11 Å². The number of hydrogen-bond acceptors (Lipinski definition) is 3. The number of benzene rings is 1. The normalized spacial score (nSPS) is 12.2. The van der Waals surface area contributed by atoms with Gasteiger partial charge < -0.3 is 15.6 Å². The smallest absolute Gasteiger partial charge is 0.142 e. The quantitative estimate of drug-likeness (QED) is 0.778. The summed E-state index contributed by atoms with van der Waals surface area (Å²) in [5.74, 6) is 0.511. The molecule has 15 heavy (non-hydrogen) atoms. The van der Waals surface area contributed by atoms with Gasteiger partial charge in [-0.15, -0.1) is 6.58 Å². The van der Waals surface area contributed by atoms with Crippen LogP contribution in [0.25, 0.3) is 0 Å². The van der Waals surface area contributed by atoms with Gasteiger partial charge >= 0.3 is 0 Å². The molecule has 0 aliphatic rings. The van der Waals surface area contributed by atoms with Crippen LogP contribution >= 0.6 is 11.6 Å². The maximum absolute atomic E-state index is 9.78. The number of nitrogens with two attached hydrogens (primary N) is 1. The van der Waals surface area contributed by atoms with E-state index in [-0.39, 0.29) is 16.8 Å². The predicted octanol–water partition coefficient (Wildman–Crippen LogP) is 2.63. The van der Waals surface area contributed by atoms with Crippen LogP contribution in [-0.4, -0.2) is 12.2 Å². The predicted molar refractivity (Wildman–Crippen MR) is 61.4 cm³/mol. The van der Waals surface area contributed by atoms with E-state index < -0.39 is 0 Å². The number of ether oxygens (including phenoxy) is 1. The zero-order chi connectivity index (χ0) is 11.4. The highest BCUT2D eigenvalue weighted by Crippen LogP contribution is 2.38. The molecule has 1 aromatic rings. The summed E-state index contributed by atoms with van der Waals surface area (Å²) in [7, 11) is 1.52. The Labute approximate surface area is 94.1 Å². The van der Waals surface area contributed by atoms with E-state index in [4.69, 9.17) is 22.1 Å². The van der Waals surface area contributed by atoms with E-state index in [1.165, 1.54) is 7.11 Å². The lowest BCUT2D eigenvalue weighted by Gasteiger charge is -2.16. The van der Waals surface area contributed by atoms with Crippen molar-refractivity contribution in [2.75, 3.05) is 7.11 Å². The number of rotatable bonds is 4. The number of phenols is 1. The SMILES string of the molecule is C=CC[C@@H](N)c1c(OC)ccc(Cl)c1O. The molecule has 0 fully saturated rings. The van der Waals surface area contributed by atoms with Crippen molar-refractivity contribution >= 4 is 11.6 Å². The molecule has 0 bridgehead atoms. The first-order valence-electron chi connectivity index (χ1n) is 4.53. The van der Waals surface area contributed by atoms with Gasteiger partial charge in [-0.25, -0.2) is 0 Å². The van der Waals surface area contributed by atoms with Crippen LogP contribution in [0.15, 0.2) is 24.8 Å². The molecule has 0 amide bonds. The van der Waals surface area contributed by atoms with Crippen LogP contribution in [0, 0.1) is 0 Å². The summed E-state index contributed by atoms with van der Waals surface area (Å²) in [5.41, 5.74) is 6.40. The Balaban J connectivity index is 3.22. The van der Waals surface area contributed by atoms with Gasteiger partial charge in [0.2, 0.25) is 0 Å². The molecule has 0 spiro atoms. The third kappa shape index (κ3) is 2.43. The molecule has 1 atom stereocenters. The Morgan fingerprint density at radius 3 is 2.87 bits per heavy atom. The minimum atomic E-state index is -0.365. The highest BCUT2D eigenvalue weighted by molar-refractivity contribution is 6.32. The van der Waals surface area contributed by atoms with Crippen molar-refractivity contribution in [3.05, 3.63) is 35.4 Å². The molecule has 1 aromatic carbocycles. The van der Waals surface area contributed by atoms with Crippen LogP contribution < -0.4 is 10.5 Å². The molecule has 0 radical (unpaired) electrons. The van der Waals surface area contributed by atoms with Gasteiger partial charge in [-0.3, -0.25) is 0 Å². The lowest BCUT2D eigenvalue weighted by atomic mass is 10.0. The summed E-state index contributed by atoms with van der Waals surface area (Å²) in [5, 5.41) is 10.0. The number of hydrogen-bond donors (Lipinski definition) is 2. The molecular formula is C11H14ClNO2. The van der Waals surface area contributed by atoms with Crippen LogP contribution in [0.1, 0.15) is 18.0 Å². The maximum Gasteiger partial charge on any atom is 0.142 e. The average molecular weight is 228 g/mol. The second-order valence-electron chi connectivity index (χ2n) is 3.14. The topological polar surface area (TPSA) is 55.5 Å². The van der Waals surface area contributed by atoms with Gasteiger partial charge in [0.25, 0.3) is 0 Å². The standard InChI is InChI=1S/C11H14ClNO2/c1-3-4-8(13)10-9(15-2)6-5-7(12)11(10)14/h3,5-6,8,14H,1,4,13H2,2H3/t8-/m1/s1. The molecule has 1 rings (SSSR count). The number of methoxy groups -OCH3 is 1. The molecule has 3 nitrogen and oxygen atoms in total. The molecule has 0 saturated carbocycles. The zero-order valence-electron chi connectivity index (χ0n) is 8.53. The van der Waals surface area contributed by atoms with E-state index in [1.807, 2.05) is 0 Å². The number of aromatic hydroxyl groups is 1. The zero-order valence-corrected chi connectivity index (χ0v) is 9.29. The second kappa shape index (κ2) is 5.05. The maximum atomic E-state index is 9.78. The van der Waals surface area contributed by atoms with Crippen LogP contribution in [0.2, 0.25) is 5.02 Å². The Bertz CT molecular complexity index is 366. The lowest BCUT2D eigenvalue weighted by molar-refractivity contribution is 0.393. The van der Waals surface area contributed by atoms with Gasteiger partial charge in [-0.1, -0.05) is 17.7 Å². The van der Waals surface area contributed by atoms with Crippen molar-refractivity contribution < 1.29 is 9.84 Å². The highest BCUT2D eigenvalue weighted by atomic mass is 35.5. The molecule has 0 heterocycles. The molecular weight excluding hydrogens is 214 g/mol. The second-order valence-corrected chi connectivity index (χ2v) is 3.55. The molecule has 0 aliphatic heterocycles. The number of halogens is 1. The highest BCUT2D eigenvalue weighted by Gasteiger charge is 2.17. The third-order valence-corrected chi connectivity index (χ3v) is 2.44. The van der Waals surface area contributed by atoms with E-state index in [0.29, 0.717) is 17.7 Å². The Kier molecular flexibility index (Phi) is 4.00. The first-order valence-corrected chi connectivity index (χ1v) is 4.91. The molecule has 0 saturated heterocycles. The minimum absolute atomic E-state index is 0.0228. The fourth-order valence-corrected chi connectivity index (χ4v) is 1.56. The summed E-state index contributed by atoms with van der Waals surface area (Å²) in [6, 6.07) is 2.89. The van der Waals surface area contributed by atoms with Gasteiger partial charge in [0, 0.05) is 6.04 Å². The summed E-state index contributed by atoms with van der Waals surface area (Å²) in [6.45, 7) is 3.60. The Morgan fingerprint density at radius 2 is 2.33 bits per heavy atom. The van der Waals surface area contributed by atoms with E-state index in [0.717, 1.165) is 0 Å². The van der Waals surface area contributed by atoms with Gasteiger partial charge in [-0.2, -0.15) is 0 Å². The van der Waals surface area contributed by atoms with E-state index in [2.05, 4.69) is 6.58 Å². The van der Waals surface area contributed by atoms with Crippen molar-refractivity contribution in [3.63, 3.8) is 0 Å². The van der Waals surface area contributed by atoms with Crippen LogP contribution in [-0.2, 0) is 0 Å². The molecule has 0 aliphatic carbocycles. The van der Waals surface area contributed by atoms with Crippen molar-refractivity contribution in [1.82, 2.24) is 0 Å². The lowest BCUT2D eigenvalue weighted by Crippen LogP contribution is -2.11.